The highest BCUT2D eigenvalue weighted by molar-refractivity contribution is 5.80. The van der Waals surface area contributed by atoms with E-state index in [9.17, 15) is 14.7 Å². The van der Waals surface area contributed by atoms with Crippen LogP contribution in [0.15, 0.2) is 48.8 Å². The molecule has 0 spiro atoms. The van der Waals surface area contributed by atoms with Gasteiger partial charge in [-0.05, 0) is 42.5 Å². The molecule has 1 N–H and O–H groups in total. The van der Waals surface area contributed by atoms with E-state index in [0.717, 1.165) is 23.1 Å². The second-order valence-electron chi connectivity index (χ2n) is 6.62. The Bertz CT molecular complexity index is 743. The zero-order valence-electron chi connectivity index (χ0n) is 14.3. The molecule has 1 amide bonds. The number of carbonyl (C=O) groups is 2. The summed E-state index contributed by atoms with van der Waals surface area (Å²) in [6.45, 7) is 2.30. The Balaban J connectivity index is 1.67. The molecule has 2 atom stereocenters. The molecule has 5 nitrogen and oxygen atoms in total. The third kappa shape index (κ3) is 4.05. The number of carbonyl (C=O) groups excluding carboxylic acids is 1. The van der Waals surface area contributed by atoms with Crippen LogP contribution in [0.25, 0.3) is 11.1 Å². The molecule has 25 heavy (non-hydrogen) atoms. The largest absolute Gasteiger partial charge is 0.481 e. The molecular formula is C20H22N2O3. The molecule has 1 saturated heterocycles. The third-order valence-corrected chi connectivity index (χ3v) is 4.86. The summed E-state index contributed by atoms with van der Waals surface area (Å²) in [6.07, 6.45) is 5.22. The van der Waals surface area contributed by atoms with Gasteiger partial charge in [-0.2, -0.15) is 0 Å². The molecular weight excluding hydrogens is 316 g/mol. The number of aliphatic carboxylic acids is 1. The topological polar surface area (TPSA) is 70.5 Å². The molecule has 1 aromatic heterocycles. The van der Waals surface area contributed by atoms with Crippen LogP contribution in [0.4, 0.5) is 0 Å². The number of likely N-dealkylation sites (tertiary alicyclic amines) is 1. The number of pyridine rings is 1. The zero-order valence-corrected chi connectivity index (χ0v) is 14.3. The van der Waals surface area contributed by atoms with E-state index in [2.05, 4.69) is 4.98 Å². The minimum Gasteiger partial charge on any atom is -0.481 e. The van der Waals surface area contributed by atoms with Crippen molar-refractivity contribution in [2.24, 2.45) is 5.92 Å². The summed E-state index contributed by atoms with van der Waals surface area (Å²) < 4.78 is 0. The minimum absolute atomic E-state index is 0.00687. The highest BCUT2D eigenvalue weighted by Gasteiger charge is 2.32. The number of carboxylic acid groups (broad SMARTS) is 1. The molecule has 0 bridgehead atoms. The number of amides is 1. The van der Waals surface area contributed by atoms with Crippen molar-refractivity contribution in [3.8, 4) is 11.1 Å². The van der Waals surface area contributed by atoms with E-state index in [-0.39, 0.29) is 11.9 Å². The number of hydrogen-bond donors (Lipinski definition) is 1. The van der Waals surface area contributed by atoms with E-state index >= 15 is 0 Å². The van der Waals surface area contributed by atoms with Gasteiger partial charge in [0.1, 0.15) is 0 Å². The van der Waals surface area contributed by atoms with Crippen LogP contribution >= 0.6 is 0 Å². The van der Waals surface area contributed by atoms with E-state index in [0.29, 0.717) is 19.4 Å². The average molecular weight is 338 g/mol. The maximum atomic E-state index is 12.6. The normalized spacial score (nSPS) is 20.3. The van der Waals surface area contributed by atoms with Gasteiger partial charge in [-0.25, -0.2) is 0 Å². The number of rotatable bonds is 4. The molecule has 2 heterocycles. The minimum atomic E-state index is -0.814. The van der Waals surface area contributed by atoms with Crippen molar-refractivity contribution in [3.63, 3.8) is 0 Å². The van der Waals surface area contributed by atoms with Gasteiger partial charge in [-0.1, -0.05) is 30.3 Å². The van der Waals surface area contributed by atoms with Crippen LogP contribution in [0.3, 0.4) is 0 Å². The van der Waals surface area contributed by atoms with Gasteiger partial charge in [0.25, 0.3) is 0 Å². The van der Waals surface area contributed by atoms with Gasteiger partial charge in [0.2, 0.25) is 5.91 Å². The first-order chi connectivity index (χ1) is 12.0. The Hall–Kier alpha value is -2.69. The second kappa shape index (κ2) is 7.47. The predicted octanol–water partition coefficient (Wildman–Crippen LogP) is 3.00. The Labute approximate surface area is 147 Å². The van der Waals surface area contributed by atoms with Gasteiger partial charge in [0.15, 0.2) is 0 Å². The third-order valence-electron chi connectivity index (χ3n) is 4.86. The van der Waals surface area contributed by atoms with Crippen LogP contribution in [0.5, 0.6) is 0 Å². The van der Waals surface area contributed by atoms with Gasteiger partial charge in [-0.15, -0.1) is 0 Å². The highest BCUT2D eigenvalue weighted by Crippen LogP contribution is 2.24. The van der Waals surface area contributed by atoms with Crippen molar-refractivity contribution in [3.05, 3.63) is 54.4 Å². The van der Waals surface area contributed by atoms with E-state index in [1.54, 1.807) is 11.1 Å². The fraction of sp³-hybridized carbons (Fsp3) is 0.350. The highest BCUT2D eigenvalue weighted by atomic mass is 16.4. The van der Waals surface area contributed by atoms with Gasteiger partial charge in [-0.3, -0.25) is 14.6 Å². The summed E-state index contributed by atoms with van der Waals surface area (Å²) in [6, 6.07) is 11.8. The lowest BCUT2D eigenvalue weighted by atomic mass is 9.93. The lowest BCUT2D eigenvalue weighted by Crippen LogP contribution is -2.47. The van der Waals surface area contributed by atoms with E-state index < -0.39 is 11.9 Å². The number of hydrogen-bond acceptors (Lipinski definition) is 3. The Morgan fingerprint density at radius 3 is 2.56 bits per heavy atom. The quantitative estimate of drug-likeness (QED) is 0.930. The van der Waals surface area contributed by atoms with Gasteiger partial charge >= 0.3 is 5.97 Å². The second-order valence-corrected chi connectivity index (χ2v) is 6.62. The Morgan fingerprint density at radius 1 is 1.16 bits per heavy atom. The summed E-state index contributed by atoms with van der Waals surface area (Å²) in [7, 11) is 0. The molecule has 130 valence electrons. The lowest BCUT2D eigenvalue weighted by molar-refractivity contribution is -0.146. The number of piperidine rings is 1. The number of aromatic nitrogens is 1. The molecule has 0 unspecified atom stereocenters. The maximum Gasteiger partial charge on any atom is 0.308 e. The van der Waals surface area contributed by atoms with Crippen LogP contribution in [0.1, 0.15) is 25.3 Å². The van der Waals surface area contributed by atoms with Crippen molar-refractivity contribution in [1.82, 2.24) is 9.88 Å². The zero-order chi connectivity index (χ0) is 17.8. The van der Waals surface area contributed by atoms with Crippen LogP contribution in [0.2, 0.25) is 0 Å². The van der Waals surface area contributed by atoms with Crippen molar-refractivity contribution >= 4 is 11.9 Å². The van der Waals surface area contributed by atoms with E-state index in [1.807, 2.05) is 49.5 Å². The molecule has 0 aliphatic carbocycles. The van der Waals surface area contributed by atoms with Gasteiger partial charge < -0.3 is 10.0 Å². The van der Waals surface area contributed by atoms with E-state index in [1.165, 1.54) is 0 Å². The van der Waals surface area contributed by atoms with Gasteiger partial charge in [0.05, 0.1) is 12.3 Å². The summed E-state index contributed by atoms with van der Waals surface area (Å²) in [4.78, 5) is 29.7. The molecule has 0 saturated carbocycles. The maximum absolute atomic E-state index is 12.6. The smallest absolute Gasteiger partial charge is 0.308 e. The molecule has 1 aliphatic rings. The SMILES string of the molecule is C[C@H]1CC[C@@H](C(=O)O)CN1C(=O)Cc1ccc(-c2cccnc2)cc1. The van der Waals surface area contributed by atoms with Crippen LogP contribution in [0, 0.1) is 5.92 Å². The Morgan fingerprint density at radius 2 is 1.92 bits per heavy atom. The number of carboxylic acids is 1. The summed E-state index contributed by atoms with van der Waals surface area (Å²) >= 11 is 0. The van der Waals surface area contributed by atoms with Crippen molar-refractivity contribution in [2.75, 3.05) is 6.54 Å². The molecule has 2 aromatic rings. The standard InChI is InChI=1S/C20H22N2O3/c1-14-4-7-18(20(24)25)13-22(14)19(23)11-15-5-8-16(9-6-15)17-3-2-10-21-12-17/h2-3,5-6,8-10,12,14,18H,4,7,11,13H2,1H3,(H,24,25)/t14-,18+/m0/s1. The summed E-state index contributed by atoms with van der Waals surface area (Å²) in [5, 5.41) is 9.21. The van der Waals surface area contributed by atoms with Crippen LogP contribution < -0.4 is 0 Å². The molecule has 1 fully saturated rings. The molecule has 5 heteroatoms. The Kier molecular flexibility index (Phi) is 5.12. The molecule has 1 aliphatic heterocycles. The first-order valence-corrected chi connectivity index (χ1v) is 8.56. The van der Waals surface area contributed by atoms with Crippen molar-refractivity contribution in [1.29, 1.82) is 0 Å². The first kappa shape index (κ1) is 17.1. The molecule has 1 aromatic carbocycles. The molecule has 0 radical (unpaired) electrons. The number of benzene rings is 1. The fourth-order valence-electron chi connectivity index (χ4n) is 3.28. The predicted molar refractivity (Wildman–Crippen MR) is 94.9 cm³/mol. The first-order valence-electron chi connectivity index (χ1n) is 8.56. The van der Waals surface area contributed by atoms with Crippen molar-refractivity contribution < 1.29 is 14.7 Å². The average Bonchev–Trinajstić information content (AvgIpc) is 2.63. The summed E-state index contributed by atoms with van der Waals surface area (Å²) in [5.74, 6) is -1.27. The van der Waals surface area contributed by atoms with Crippen LogP contribution in [-0.4, -0.2) is 39.5 Å². The van der Waals surface area contributed by atoms with Crippen molar-refractivity contribution in [2.45, 2.75) is 32.2 Å². The van der Waals surface area contributed by atoms with Crippen LogP contribution in [-0.2, 0) is 16.0 Å². The van der Waals surface area contributed by atoms with Gasteiger partial charge in [0, 0.05) is 25.0 Å². The fourth-order valence-corrected chi connectivity index (χ4v) is 3.28. The van der Waals surface area contributed by atoms with E-state index in [4.69, 9.17) is 0 Å². The monoisotopic (exact) mass is 338 g/mol. The number of nitrogens with zero attached hydrogens (tertiary/aromatic N) is 2. The molecule has 3 rings (SSSR count). The summed E-state index contributed by atoms with van der Waals surface area (Å²) in [5.41, 5.74) is 3.03. The lowest BCUT2D eigenvalue weighted by Gasteiger charge is -2.36.